The molecule has 0 saturated heterocycles. The highest BCUT2D eigenvalue weighted by molar-refractivity contribution is 7.93. The molecule has 8 nitrogen and oxygen atoms in total. The predicted molar refractivity (Wildman–Crippen MR) is 150 cm³/mol. The largest absolute Gasteiger partial charge is 0.417 e. The van der Waals surface area contributed by atoms with Gasteiger partial charge < -0.3 is 5.32 Å². The summed E-state index contributed by atoms with van der Waals surface area (Å²) in [6.07, 6.45) is -4.78. The molecular weight excluding hydrogens is 603 g/mol. The first-order chi connectivity index (χ1) is 19.3. The van der Waals surface area contributed by atoms with Crippen molar-refractivity contribution in [3.8, 4) is 0 Å². The third kappa shape index (κ3) is 7.17. The Morgan fingerprint density at radius 3 is 1.90 bits per heavy atom. The van der Waals surface area contributed by atoms with Crippen molar-refractivity contribution in [1.82, 2.24) is 0 Å². The van der Waals surface area contributed by atoms with Crippen molar-refractivity contribution in [2.45, 2.75) is 16.0 Å². The number of anilines is 3. The van der Waals surface area contributed by atoms with Crippen LogP contribution in [0.5, 0.6) is 0 Å². The number of nitrogens with zero attached hydrogens (tertiary/aromatic N) is 1. The average Bonchev–Trinajstić information content (AvgIpc) is 2.93. The van der Waals surface area contributed by atoms with Crippen molar-refractivity contribution < 1.29 is 34.8 Å². The van der Waals surface area contributed by atoms with Gasteiger partial charge in [0.25, 0.3) is 20.0 Å². The number of carbonyl (C=O) groups is 1. The highest BCUT2D eigenvalue weighted by Gasteiger charge is 2.34. The van der Waals surface area contributed by atoms with Crippen LogP contribution in [-0.4, -0.2) is 29.3 Å². The van der Waals surface area contributed by atoms with Gasteiger partial charge in [0.1, 0.15) is 6.54 Å². The van der Waals surface area contributed by atoms with Gasteiger partial charge in [-0.2, -0.15) is 13.2 Å². The van der Waals surface area contributed by atoms with Crippen molar-refractivity contribution >= 4 is 54.6 Å². The van der Waals surface area contributed by atoms with Gasteiger partial charge in [-0.05, 0) is 66.7 Å². The number of carbonyl (C=O) groups excluding carboxylic acids is 1. The van der Waals surface area contributed by atoms with Gasteiger partial charge in [0, 0.05) is 11.4 Å². The van der Waals surface area contributed by atoms with Gasteiger partial charge in [0.05, 0.1) is 26.1 Å². The van der Waals surface area contributed by atoms with Gasteiger partial charge in [-0.25, -0.2) is 16.8 Å². The number of alkyl halides is 3. The van der Waals surface area contributed by atoms with Crippen LogP contribution < -0.4 is 14.3 Å². The number of sulfonamides is 2. The fourth-order valence-electron chi connectivity index (χ4n) is 3.70. The minimum atomic E-state index is -4.78. The summed E-state index contributed by atoms with van der Waals surface area (Å²) < 4.78 is 94.5. The topological polar surface area (TPSA) is 113 Å². The maximum absolute atomic E-state index is 13.3. The summed E-state index contributed by atoms with van der Waals surface area (Å²) in [6, 6.07) is 23.0. The van der Waals surface area contributed by atoms with Crippen molar-refractivity contribution in [1.29, 1.82) is 0 Å². The van der Waals surface area contributed by atoms with Gasteiger partial charge in [-0.3, -0.25) is 13.8 Å². The van der Waals surface area contributed by atoms with Crippen LogP contribution in [-0.2, 0) is 31.0 Å². The predicted octanol–water partition coefficient (Wildman–Crippen LogP) is 5.99. The molecule has 4 rings (SSSR count). The molecule has 1 amide bonds. The molecule has 41 heavy (non-hydrogen) atoms. The van der Waals surface area contributed by atoms with Crippen LogP contribution in [0.4, 0.5) is 30.2 Å². The van der Waals surface area contributed by atoms with Crippen molar-refractivity contribution in [3.63, 3.8) is 0 Å². The third-order valence-corrected chi connectivity index (χ3v) is 9.15. The van der Waals surface area contributed by atoms with Crippen LogP contribution in [0, 0.1) is 0 Å². The molecule has 214 valence electrons. The first-order valence-corrected chi connectivity index (χ1v) is 15.0. The van der Waals surface area contributed by atoms with Gasteiger partial charge in [-0.15, -0.1) is 0 Å². The van der Waals surface area contributed by atoms with Gasteiger partial charge in [-0.1, -0.05) is 48.0 Å². The Bertz CT molecular complexity index is 1750. The highest BCUT2D eigenvalue weighted by atomic mass is 35.5. The van der Waals surface area contributed by atoms with Crippen LogP contribution >= 0.6 is 11.6 Å². The first-order valence-electron chi connectivity index (χ1n) is 11.7. The second kappa shape index (κ2) is 11.8. The van der Waals surface area contributed by atoms with E-state index in [1.165, 1.54) is 24.3 Å². The van der Waals surface area contributed by atoms with Crippen LogP contribution in [0.2, 0.25) is 5.02 Å². The molecule has 0 spiro atoms. The summed E-state index contributed by atoms with van der Waals surface area (Å²) in [5.41, 5.74) is -1.13. The molecule has 0 atom stereocenters. The smallest absolute Gasteiger partial charge is 0.325 e. The Balaban J connectivity index is 1.50. The Labute approximate surface area is 239 Å². The fraction of sp³-hybridized carbons (Fsp3) is 0.0741. The van der Waals surface area contributed by atoms with Gasteiger partial charge in [0.15, 0.2) is 0 Å². The molecule has 0 unspecified atom stereocenters. The fourth-order valence-corrected chi connectivity index (χ4v) is 6.41. The Morgan fingerprint density at radius 2 is 1.32 bits per heavy atom. The Kier molecular flexibility index (Phi) is 8.61. The van der Waals surface area contributed by atoms with Crippen molar-refractivity contribution in [2.75, 3.05) is 20.9 Å². The quantitative estimate of drug-likeness (QED) is 0.238. The summed E-state index contributed by atoms with van der Waals surface area (Å²) in [6.45, 7) is -0.582. The first kappa shape index (κ1) is 29.9. The van der Waals surface area contributed by atoms with Gasteiger partial charge >= 0.3 is 6.18 Å². The number of hydrogen-bond donors (Lipinski definition) is 2. The zero-order valence-electron chi connectivity index (χ0n) is 20.8. The van der Waals surface area contributed by atoms with Gasteiger partial charge in [0.2, 0.25) is 5.91 Å². The molecule has 0 radical (unpaired) electrons. The second-order valence-electron chi connectivity index (χ2n) is 8.53. The van der Waals surface area contributed by atoms with Crippen LogP contribution in [0.3, 0.4) is 0 Å². The number of nitrogens with one attached hydrogen (secondary N) is 2. The maximum Gasteiger partial charge on any atom is 0.417 e. The lowest BCUT2D eigenvalue weighted by atomic mass is 10.2. The molecule has 0 aliphatic rings. The molecule has 0 aromatic heterocycles. The van der Waals surface area contributed by atoms with E-state index < -0.39 is 49.3 Å². The molecule has 0 bridgehead atoms. The molecule has 0 aliphatic carbocycles. The summed E-state index contributed by atoms with van der Waals surface area (Å²) >= 11 is 5.58. The van der Waals surface area contributed by atoms with E-state index in [0.717, 1.165) is 28.6 Å². The zero-order chi connectivity index (χ0) is 29.8. The monoisotopic (exact) mass is 623 g/mol. The standard InChI is InChI=1S/C27H21ClF3N3O5S2/c28-25-16-13-20(17-24(25)27(29,30)31)33-40(36,37)22-14-11-19(12-15-22)32-26(35)18-34(21-7-3-1-4-8-21)41(38,39)23-9-5-2-6-10-23/h1-17,33H,18H2,(H,32,35). The maximum atomic E-state index is 13.3. The van der Waals surface area contributed by atoms with Crippen LogP contribution in [0.15, 0.2) is 113 Å². The number of amides is 1. The van der Waals surface area contributed by atoms with E-state index in [2.05, 4.69) is 10.0 Å². The molecule has 2 N–H and O–H groups in total. The molecule has 0 aliphatic heterocycles. The van der Waals surface area contributed by atoms with E-state index in [0.29, 0.717) is 6.07 Å². The molecule has 14 heteroatoms. The molecule has 0 saturated carbocycles. The lowest BCUT2D eigenvalue weighted by molar-refractivity contribution is -0.137. The number of hydrogen-bond acceptors (Lipinski definition) is 5. The molecule has 0 fully saturated rings. The normalized spacial score (nSPS) is 12.0. The molecule has 4 aromatic carbocycles. The Morgan fingerprint density at radius 1 is 0.756 bits per heavy atom. The van der Waals surface area contributed by atoms with E-state index in [1.807, 2.05) is 0 Å². The van der Waals surface area contributed by atoms with Crippen LogP contribution in [0.1, 0.15) is 5.56 Å². The van der Waals surface area contributed by atoms with E-state index >= 15 is 0 Å². The number of halogens is 4. The van der Waals surface area contributed by atoms with Crippen LogP contribution in [0.25, 0.3) is 0 Å². The summed E-state index contributed by atoms with van der Waals surface area (Å²) in [4.78, 5) is 12.6. The second-order valence-corrected chi connectivity index (χ2v) is 12.5. The third-order valence-electron chi connectivity index (χ3n) is 5.63. The number of para-hydroxylation sites is 1. The van der Waals surface area contributed by atoms with E-state index in [4.69, 9.17) is 11.6 Å². The Hall–Kier alpha value is -4.07. The van der Waals surface area contributed by atoms with Crippen molar-refractivity contribution in [2.24, 2.45) is 0 Å². The minimum Gasteiger partial charge on any atom is -0.325 e. The lowest BCUT2D eigenvalue weighted by Crippen LogP contribution is -2.38. The SMILES string of the molecule is O=C(CN(c1ccccc1)S(=O)(=O)c1ccccc1)Nc1ccc(S(=O)(=O)Nc2ccc(Cl)c(C(F)(F)F)c2)cc1. The summed E-state index contributed by atoms with van der Waals surface area (Å²) in [5, 5.41) is 1.94. The zero-order valence-corrected chi connectivity index (χ0v) is 23.2. The van der Waals surface area contributed by atoms with Crippen molar-refractivity contribution in [3.05, 3.63) is 114 Å². The minimum absolute atomic E-state index is 0.0123. The number of benzene rings is 4. The lowest BCUT2D eigenvalue weighted by Gasteiger charge is -2.24. The van der Waals surface area contributed by atoms with E-state index in [9.17, 15) is 34.8 Å². The highest BCUT2D eigenvalue weighted by Crippen LogP contribution is 2.36. The summed E-state index contributed by atoms with van der Waals surface area (Å²) in [5.74, 6) is -0.706. The molecule has 0 heterocycles. The molecule has 4 aromatic rings. The average molecular weight is 624 g/mol. The van der Waals surface area contributed by atoms with E-state index in [1.54, 1.807) is 48.5 Å². The number of rotatable bonds is 9. The molecular formula is C27H21ClF3N3O5S2. The van der Waals surface area contributed by atoms with E-state index in [-0.39, 0.29) is 26.9 Å². The summed E-state index contributed by atoms with van der Waals surface area (Å²) in [7, 11) is -8.41.